The molecule has 18 heavy (non-hydrogen) atoms. The van der Waals surface area contributed by atoms with Gasteiger partial charge in [0, 0.05) is 0 Å². The molecule has 0 fully saturated rings. The van der Waals surface area contributed by atoms with Gasteiger partial charge >= 0.3 is 0 Å². The Bertz CT molecular complexity index is 472. The molecule has 0 aliphatic rings. The first-order chi connectivity index (χ1) is 8.77. The van der Waals surface area contributed by atoms with Crippen molar-refractivity contribution in [3.8, 4) is 0 Å². The summed E-state index contributed by atoms with van der Waals surface area (Å²) in [4.78, 5) is 16.7. The van der Waals surface area contributed by atoms with Gasteiger partial charge in [-0.15, -0.1) is 0 Å². The van der Waals surface area contributed by atoms with Gasteiger partial charge in [0.15, 0.2) is 11.6 Å². The first-order valence-corrected chi connectivity index (χ1v) is 5.51. The molecule has 0 unspecified atom stereocenters. The van der Waals surface area contributed by atoms with Crippen LogP contribution in [0.15, 0.2) is 22.6 Å². The quantitative estimate of drug-likeness (QED) is 0.582. The van der Waals surface area contributed by atoms with Crippen molar-refractivity contribution in [1.29, 1.82) is 0 Å². The summed E-state index contributed by atoms with van der Waals surface area (Å²) < 4.78 is 0. The Morgan fingerprint density at radius 3 is 1.72 bits per heavy atom. The van der Waals surface area contributed by atoms with Crippen molar-refractivity contribution in [2.75, 3.05) is 13.1 Å². The third-order valence-electron chi connectivity index (χ3n) is 2.31. The molecule has 2 rings (SSSR count). The zero-order chi connectivity index (χ0) is 12.8. The van der Waals surface area contributed by atoms with Crippen LogP contribution in [0, 0.1) is 0 Å². The van der Waals surface area contributed by atoms with Crippen molar-refractivity contribution in [2.24, 2.45) is 9.98 Å². The summed E-state index contributed by atoms with van der Waals surface area (Å²) in [7, 11) is 0. The van der Waals surface area contributed by atoms with E-state index in [4.69, 9.17) is 0 Å². The molecule has 0 saturated heterocycles. The number of aromatic nitrogens is 6. The first kappa shape index (κ1) is 12.1. The van der Waals surface area contributed by atoms with Crippen LogP contribution in [0.1, 0.15) is 25.5 Å². The highest BCUT2D eigenvalue weighted by Crippen LogP contribution is 1.93. The summed E-state index contributed by atoms with van der Waals surface area (Å²) in [5, 5.41) is 13.1. The summed E-state index contributed by atoms with van der Waals surface area (Å²) in [6.45, 7) is 4.96. The second-order valence-electron chi connectivity index (χ2n) is 3.60. The Balaban J connectivity index is 1.86. The van der Waals surface area contributed by atoms with E-state index in [9.17, 15) is 0 Å². The highest BCUT2D eigenvalue weighted by Gasteiger charge is 2.00. The van der Waals surface area contributed by atoms with E-state index in [1.807, 2.05) is 13.8 Å². The standard InChI is InChI=1S/C10H14N8/c1-7(9-13-5-15-17-9)11-3-4-12-8(2)10-14-6-16-18-10/h5-6H,3-4H2,1-2H3,(H,13,15,17)(H,14,16,18). The zero-order valence-corrected chi connectivity index (χ0v) is 10.3. The summed E-state index contributed by atoms with van der Waals surface area (Å²) in [5.41, 5.74) is 1.64. The van der Waals surface area contributed by atoms with E-state index in [0.29, 0.717) is 24.7 Å². The van der Waals surface area contributed by atoms with Crippen molar-refractivity contribution in [3.05, 3.63) is 24.3 Å². The van der Waals surface area contributed by atoms with Crippen molar-refractivity contribution >= 4 is 11.4 Å². The van der Waals surface area contributed by atoms with Gasteiger partial charge in [0.05, 0.1) is 24.5 Å². The lowest BCUT2D eigenvalue weighted by molar-refractivity contribution is 0.962. The largest absolute Gasteiger partial charge is 0.284 e. The monoisotopic (exact) mass is 246 g/mol. The number of hydrogen-bond donors (Lipinski definition) is 2. The molecule has 0 radical (unpaired) electrons. The van der Waals surface area contributed by atoms with Crippen LogP contribution in [-0.4, -0.2) is 54.9 Å². The fraction of sp³-hybridized carbons (Fsp3) is 0.400. The molecule has 2 N–H and O–H groups in total. The molecular formula is C10H14N8. The Labute approximate surface area is 104 Å². The molecule has 94 valence electrons. The van der Waals surface area contributed by atoms with E-state index in [2.05, 4.69) is 40.3 Å². The van der Waals surface area contributed by atoms with Crippen LogP contribution in [-0.2, 0) is 0 Å². The maximum absolute atomic E-state index is 4.35. The van der Waals surface area contributed by atoms with Crippen LogP contribution in [0.2, 0.25) is 0 Å². The minimum Gasteiger partial charge on any atom is -0.284 e. The average molecular weight is 246 g/mol. The van der Waals surface area contributed by atoms with Crippen molar-refractivity contribution in [2.45, 2.75) is 13.8 Å². The lowest BCUT2D eigenvalue weighted by Gasteiger charge is -1.96. The molecule has 0 aliphatic carbocycles. The summed E-state index contributed by atoms with van der Waals surface area (Å²) in [6.07, 6.45) is 2.92. The van der Waals surface area contributed by atoms with Gasteiger partial charge in [-0.05, 0) is 13.8 Å². The Kier molecular flexibility index (Phi) is 3.90. The smallest absolute Gasteiger partial charge is 0.169 e. The van der Waals surface area contributed by atoms with Crippen LogP contribution in [0.5, 0.6) is 0 Å². The van der Waals surface area contributed by atoms with E-state index in [-0.39, 0.29) is 0 Å². The van der Waals surface area contributed by atoms with Crippen molar-refractivity contribution in [1.82, 2.24) is 30.4 Å². The number of aromatic amines is 2. The molecule has 0 atom stereocenters. The van der Waals surface area contributed by atoms with Crippen LogP contribution in [0.3, 0.4) is 0 Å². The van der Waals surface area contributed by atoms with Crippen LogP contribution < -0.4 is 0 Å². The van der Waals surface area contributed by atoms with Gasteiger partial charge in [0.2, 0.25) is 0 Å². The molecule has 0 aromatic carbocycles. The van der Waals surface area contributed by atoms with Crippen LogP contribution in [0.4, 0.5) is 0 Å². The molecule has 0 saturated carbocycles. The van der Waals surface area contributed by atoms with Gasteiger partial charge < -0.3 is 0 Å². The molecule has 2 aromatic rings. The number of nitrogens with zero attached hydrogens (tertiary/aromatic N) is 6. The van der Waals surface area contributed by atoms with E-state index in [0.717, 1.165) is 11.4 Å². The fourth-order valence-electron chi connectivity index (χ4n) is 1.34. The van der Waals surface area contributed by atoms with Gasteiger partial charge in [0.25, 0.3) is 0 Å². The van der Waals surface area contributed by atoms with E-state index < -0.39 is 0 Å². The maximum Gasteiger partial charge on any atom is 0.169 e. The molecular weight excluding hydrogens is 232 g/mol. The van der Waals surface area contributed by atoms with Crippen LogP contribution >= 0.6 is 0 Å². The topological polar surface area (TPSA) is 108 Å². The molecule has 0 bridgehead atoms. The SMILES string of the molecule is CC(=NCCN=C(C)c1ncn[nH]1)c1ncn[nH]1. The molecule has 0 amide bonds. The molecule has 0 aliphatic heterocycles. The normalized spacial score (nSPS) is 13.0. The van der Waals surface area contributed by atoms with E-state index in [1.165, 1.54) is 12.7 Å². The Hall–Kier alpha value is -2.38. The minimum absolute atomic E-state index is 0.595. The second kappa shape index (κ2) is 5.80. The highest BCUT2D eigenvalue weighted by molar-refractivity contribution is 5.95. The van der Waals surface area contributed by atoms with E-state index >= 15 is 0 Å². The predicted molar refractivity (Wildman–Crippen MR) is 66.9 cm³/mol. The van der Waals surface area contributed by atoms with Crippen LogP contribution in [0.25, 0.3) is 0 Å². The molecule has 2 aromatic heterocycles. The summed E-state index contributed by atoms with van der Waals surface area (Å²) >= 11 is 0. The number of aliphatic imine (C=N–C) groups is 2. The fourth-order valence-corrected chi connectivity index (χ4v) is 1.34. The van der Waals surface area contributed by atoms with Gasteiger partial charge in [-0.3, -0.25) is 20.2 Å². The minimum atomic E-state index is 0.595. The van der Waals surface area contributed by atoms with Gasteiger partial charge in [0.1, 0.15) is 12.7 Å². The number of H-pyrrole nitrogens is 2. The maximum atomic E-state index is 4.35. The highest BCUT2D eigenvalue weighted by atomic mass is 15.2. The Morgan fingerprint density at radius 2 is 1.39 bits per heavy atom. The predicted octanol–water partition coefficient (Wildman–Crippen LogP) is 0.241. The van der Waals surface area contributed by atoms with Crippen molar-refractivity contribution in [3.63, 3.8) is 0 Å². The zero-order valence-electron chi connectivity index (χ0n) is 10.3. The molecule has 8 nitrogen and oxygen atoms in total. The number of hydrogen-bond acceptors (Lipinski definition) is 6. The lowest BCUT2D eigenvalue weighted by atomic mass is 10.4. The van der Waals surface area contributed by atoms with Gasteiger partial charge in [-0.2, -0.15) is 10.2 Å². The molecule has 8 heteroatoms. The summed E-state index contributed by atoms with van der Waals surface area (Å²) in [6, 6.07) is 0. The lowest BCUT2D eigenvalue weighted by Crippen LogP contribution is -2.03. The average Bonchev–Trinajstić information content (AvgIpc) is 3.05. The Morgan fingerprint density at radius 1 is 0.944 bits per heavy atom. The molecule has 0 spiro atoms. The first-order valence-electron chi connectivity index (χ1n) is 5.51. The number of nitrogens with one attached hydrogen (secondary N) is 2. The molecule has 2 heterocycles. The third kappa shape index (κ3) is 3.06. The number of rotatable bonds is 5. The van der Waals surface area contributed by atoms with Gasteiger partial charge in [-0.1, -0.05) is 0 Å². The van der Waals surface area contributed by atoms with Gasteiger partial charge in [-0.25, -0.2) is 9.97 Å². The van der Waals surface area contributed by atoms with E-state index in [1.54, 1.807) is 0 Å². The second-order valence-corrected chi connectivity index (χ2v) is 3.60. The van der Waals surface area contributed by atoms with Crippen molar-refractivity contribution < 1.29 is 0 Å². The third-order valence-corrected chi connectivity index (χ3v) is 2.31. The summed E-state index contributed by atoms with van der Waals surface area (Å²) in [5.74, 6) is 1.37.